The molecule has 4 rings (SSSR count). The predicted molar refractivity (Wildman–Crippen MR) is 115 cm³/mol. The number of para-hydroxylation sites is 2. The Hall–Kier alpha value is -3.39. The summed E-state index contributed by atoms with van der Waals surface area (Å²) in [4.78, 5) is 32.9. The number of fused-ring (bicyclic) bond motifs is 3. The molecule has 3 aromatic rings. The van der Waals surface area contributed by atoms with Gasteiger partial charge in [-0.25, -0.2) is 4.98 Å². The molecule has 1 aliphatic rings. The van der Waals surface area contributed by atoms with Gasteiger partial charge in [-0.1, -0.05) is 24.3 Å². The first kappa shape index (κ1) is 20.9. The molecule has 8 nitrogen and oxygen atoms in total. The molecule has 8 heteroatoms. The fourth-order valence-corrected chi connectivity index (χ4v) is 4.14. The summed E-state index contributed by atoms with van der Waals surface area (Å²) in [6.45, 7) is 2.71. The summed E-state index contributed by atoms with van der Waals surface area (Å²) >= 11 is 0. The number of aromatic hydroxyl groups is 1. The molecule has 1 amide bonds. The SMILES string of the molecule is CCOC(=O)C1C(=O)N(CCCOC)c2nc3ccccc3n2C1c1cccc(O)c1. The molecule has 0 saturated heterocycles. The third kappa shape index (κ3) is 3.74. The maximum atomic E-state index is 13.6. The number of ether oxygens (including phenoxy) is 2. The van der Waals surface area contributed by atoms with Crippen molar-refractivity contribution in [1.29, 1.82) is 0 Å². The number of esters is 1. The van der Waals surface area contributed by atoms with Crippen molar-refractivity contribution in [2.24, 2.45) is 5.92 Å². The van der Waals surface area contributed by atoms with Gasteiger partial charge in [0.05, 0.1) is 23.7 Å². The topological polar surface area (TPSA) is 93.9 Å². The minimum Gasteiger partial charge on any atom is -0.508 e. The molecule has 0 aliphatic carbocycles. The van der Waals surface area contributed by atoms with Gasteiger partial charge in [-0.05, 0) is 43.2 Å². The molecule has 1 N–H and O–H groups in total. The number of imidazole rings is 1. The van der Waals surface area contributed by atoms with Gasteiger partial charge >= 0.3 is 5.97 Å². The predicted octanol–water partition coefficient (Wildman–Crippen LogP) is 2.89. The van der Waals surface area contributed by atoms with E-state index < -0.39 is 17.9 Å². The molecular formula is C23H25N3O5. The Balaban J connectivity index is 1.94. The van der Waals surface area contributed by atoms with Gasteiger partial charge in [-0.2, -0.15) is 0 Å². The number of carbonyl (C=O) groups is 2. The number of hydrogen-bond donors (Lipinski definition) is 1. The van der Waals surface area contributed by atoms with Crippen LogP contribution in [0.15, 0.2) is 48.5 Å². The minimum atomic E-state index is -1.10. The molecule has 1 aliphatic heterocycles. The number of carbonyl (C=O) groups excluding carboxylic acids is 2. The summed E-state index contributed by atoms with van der Waals surface area (Å²) in [5.74, 6) is -1.54. The van der Waals surface area contributed by atoms with Crippen LogP contribution in [0.5, 0.6) is 5.75 Å². The Kier molecular flexibility index (Phi) is 5.90. The van der Waals surface area contributed by atoms with E-state index >= 15 is 0 Å². The minimum absolute atomic E-state index is 0.0565. The summed E-state index contributed by atoms with van der Waals surface area (Å²) in [5, 5.41) is 10.1. The second kappa shape index (κ2) is 8.77. The maximum Gasteiger partial charge on any atom is 0.321 e. The lowest BCUT2D eigenvalue weighted by Crippen LogP contribution is -2.50. The highest BCUT2D eigenvalue weighted by atomic mass is 16.5. The van der Waals surface area contributed by atoms with Crippen molar-refractivity contribution in [3.63, 3.8) is 0 Å². The van der Waals surface area contributed by atoms with Gasteiger partial charge in [0.2, 0.25) is 11.9 Å². The van der Waals surface area contributed by atoms with Gasteiger partial charge in [0, 0.05) is 20.3 Å². The average Bonchev–Trinajstić information content (AvgIpc) is 3.14. The number of methoxy groups -OCH3 is 1. The molecule has 0 spiro atoms. The molecule has 0 bridgehead atoms. The van der Waals surface area contributed by atoms with Crippen LogP contribution in [0.25, 0.3) is 11.0 Å². The Labute approximate surface area is 180 Å². The summed E-state index contributed by atoms with van der Waals surface area (Å²) in [5.41, 5.74) is 2.15. The fourth-order valence-electron chi connectivity index (χ4n) is 4.14. The van der Waals surface area contributed by atoms with Gasteiger partial charge in [-0.15, -0.1) is 0 Å². The normalized spacial score (nSPS) is 18.3. The van der Waals surface area contributed by atoms with Crippen molar-refractivity contribution in [2.75, 3.05) is 31.8 Å². The largest absolute Gasteiger partial charge is 0.508 e. The molecule has 31 heavy (non-hydrogen) atoms. The standard InChI is InChI=1S/C23H25N3O5/c1-3-31-22(29)19-20(15-8-6-9-16(27)14-15)26-18-11-5-4-10-17(18)24-23(26)25(21(19)28)12-7-13-30-2/h4-6,8-11,14,19-20,27H,3,7,12-13H2,1-2H3. The number of anilines is 1. The molecule has 1 aromatic heterocycles. The zero-order valence-electron chi connectivity index (χ0n) is 17.5. The molecular weight excluding hydrogens is 398 g/mol. The number of aromatic nitrogens is 2. The van der Waals surface area contributed by atoms with Gasteiger partial charge < -0.3 is 19.1 Å². The zero-order valence-corrected chi connectivity index (χ0v) is 17.5. The molecule has 2 aromatic carbocycles. The summed E-state index contributed by atoms with van der Waals surface area (Å²) < 4.78 is 12.4. The quantitative estimate of drug-likeness (QED) is 0.357. The molecule has 0 saturated carbocycles. The second-order valence-corrected chi connectivity index (χ2v) is 7.38. The van der Waals surface area contributed by atoms with Crippen molar-refractivity contribution in [1.82, 2.24) is 9.55 Å². The molecule has 0 fully saturated rings. The van der Waals surface area contributed by atoms with Crippen LogP contribution in [0.2, 0.25) is 0 Å². The van der Waals surface area contributed by atoms with Crippen LogP contribution in [0, 0.1) is 5.92 Å². The highest BCUT2D eigenvalue weighted by Gasteiger charge is 2.47. The Morgan fingerprint density at radius 3 is 2.74 bits per heavy atom. The Morgan fingerprint density at radius 1 is 1.19 bits per heavy atom. The third-order valence-electron chi connectivity index (χ3n) is 5.43. The van der Waals surface area contributed by atoms with Crippen molar-refractivity contribution >= 4 is 28.9 Å². The van der Waals surface area contributed by atoms with Crippen LogP contribution >= 0.6 is 0 Å². The fraction of sp³-hybridized carbons (Fsp3) is 0.348. The number of amides is 1. The van der Waals surface area contributed by atoms with E-state index in [4.69, 9.17) is 14.5 Å². The molecule has 2 unspecified atom stereocenters. The van der Waals surface area contributed by atoms with Crippen LogP contribution in [0.3, 0.4) is 0 Å². The second-order valence-electron chi connectivity index (χ2n) is 7.38. The van der Waals surface area contributed by atoms with Crippen LogP contribution in [-0.2, 0) is 19.1 Å². The lowest BCUT2D eigenvalue weighted by molar-refractivity contribution is -0.153. The number of phenols is 1. The van der Waals surface area contributed by atoms with Crippen LogP contribution in [0.1, 0.15) is 24.9 Å². The summed E-state index contributed by atoms with van der Waals surface area (Å²) in [6, 6.07) is 13.5. The first-order valence-electron chi connectivity index (χ1n) is 10.3. The summed E-state index contributed by atoms with van der Waals surface area (Å²) in [6.07, 6.45) is 0.595. The zero-order chi connectivity index (χ0) is 22.0. The third-order valence-corrected chi connectivity index (χ3v) is 5.43. The number of rotatable bonds is 7. The first-order chi connectivity index (χ1) is 15.1. The Bertz CT molecular complexity index is 1110. The van der Waals surface area contributed by atoms with E-state index in [0.29, 0.717) is 31.1 Å². The van der Waals surface area contributed by atoms with Gasteiger partial charge in [0.1, 0.15) is 5.75 Å². The van der Waals surface area contributed by atoms with Crippen LogP contribution in [0.4, 0.5) is 5.95 Å². The molecule has 2 heterocycles. The van der Waals surface area contributed by atoms with Crippen molar-refractivity contribution < 1.29 is 24.2 Å². The van der Waals surface area contributed by atoms with Crippen molar-refractivity contribution in [2.45, 2.75) is 19.4 Å². The van der Waals surface area contributed by atoms with E-state index in [-0.39, 0.29) is 18.3 Å². The lowest BCUT2D eigenvalue weighted by Gasteiger charge is -2.38. The number of phenolic OH excluding ortho intramolecular Hbond substituents is 1. The smallest absolute Gasteiger partial charge is 0.321 e. The van der Waals surface area contributed by atoms with E-state index in [0.717, 1.165) is 11.0 Å². The molecule has 162 valence electrons. The monoisotopic (exact) mass is 423 g/mol. The van der Waals surface area contributed by atoms with E-state index in [1.807, 2.05) is 28.8 Å². The lowest BCUT2D eigenvalue weighted by atomic mass is 9.89. The van der Waals surface area contributed by atoms with E-state index in [2.05, 4.69) is 0 Å². The van der Waals surface area contributed by atoms with Crippen LogP contribution < -0.4 is 4.90 Å². The average molecular weight is 423 g/mol. The van der Waals surface area contributed by atoms with Gasteiger partial charge in [0.15, 0.2) is 5.92 Å². The van der Waals surface area contributed by atoms with Gasteiger partial charge in [-0.3, -0.25) is 14.5 Å². The van der Waals surface area contributed by atoms with E-state index in [1.54, 1.807) is 43.2 Å². The van der Waals surface area contributed by atoms with Crippen molar-refractivity contribution in [3.05, 3.63) is 54.1 Å². The van der Waals surface area contributed by atoms with Crippen LogP contribution in [-0.4, -0.2) is 53.4 Å². The van der Waals surface area contributed by atoms with E-state index in [9.17, 15) is 14.7 Å². The van der Waals surface area contributed by atoms with Gasteiger partial charge in [0.25, 0.3) is 0 Å². The van der Waals surface area contributed by atoms with Crippen molar-refractivity contribution in [3.8, 4) is 5.75 Å². The van der Waals surface area contributed by atoms with E-state index in [1.165, 1.54) is 0 Å². The number of benzene rings is 2. The number of hydrogen-bond acceptors (Lipinski definition) is 6. The summed E-state index contributed by atoms with van der Waals surface area (Å²) in [7, 11) is 1.60. The first-order valence-corrected chi connectivity index (χ1v) is 10.3. The molecule has 0 radical (unpaired) electrons. The number of nitrogens with zero attached hydrogens (tertiary/aromatic N) is 3. The Morgan fingerprint density at radius 2 is 2.00 bits per heavy atom. The highest BCUT2D eigenvalue weighted by molar-refractivity contribution is 6.08. The molecule has 2 atom stereocenters. The highest BCUT2D eigenvalue weighted by Crippen LogP contribution is 2.41. The maximum absolute atomic E-state index is 13.6.